The minimum absolute atomic E-state index is 0.208. The smallest absolute Gasteiger partial charge is 0.313 e. The lowest BCUT2D eigenvalue weighted by Gasteiger charge is -2.40. The third-order valence-electron chi connectivity index (χ3n) is 8.72. The number of hydrogen-bond donors (Lipinski definition) is 1. The molecule has 1 aromatic carbocycles. The van der Waals surface area contributed by atoms with Crippen molar-refractivity contribution in [2.75, 3.05) is 26.3 Å². The van der Waals surface area contributed by atoms with Crippen LogP contribution in [0.2, 0.25) is 0 Å². The monoisotopic (exact) mass is 536 g/mol. The van der Waals surface area contributed by atoms with Gasteiger partial charge in [-0.05, 0) is 44.6 Å². The molecule has 0 bridgehead atoms. The maximum absolute atomic E-state index is 14.5. The Hall–Kier alpha value is -2.97. The van der Waals surface area contributed by atoms with Crippen LogP contribution in [0.5, 0.6) is 0 Å². The maximum atomic E-state index is 14.5. The molecule has 8 nitrogen and oxygen atoms in total. The van der Waals surface area contributed by atoms with Crippen molar-refractivity contribution in [3.63, 3.8) is 0 Å². The zero-order valence-corrected chi connectivity index (χ0v) is 23.0. The minimum atomic E-state index is -1.35. The van der Waals surface area contributed by atoms with Crippen molar-refractivity contribution < 1.29 is 29.0 Å². The number of amides is 2. The fourth-order valence-electron chi connectivity index (χ4n) is 6.86. The standard InChI is InChI=1S/C31H40N2O6/c1-3-4-17-32-18-12-16-31-24(25-29(37)38-19-11-6-5-10-15-30(25,2)39-31)27(35)33(26(31)28(32)36)23(21-34)20-22-13-8-7-9-14-22/h7-10,12-16,23-26,34H,3-6,11,17-21H2,1-2H3/b15-10-/t23-,24+,25-,26?,30+,31+/m1/s1. The first-order valence-corrected chi connectivity index (χ1v) is 14.3. The van der Waals surface area contributed by atoms with Gasteiger partial charge >= 0.3 is 5.97 Å². The van der Waals surface area contributed by atoms with Crippen LogP contribution >= 0.6 is 0 Å². The molecule has 4 aliphatic heterocycles. The highest BCUT2D eigenvalue weighted by Gasteiger charge is 2.75. The van der Waals surface area contributed by atoms with E-state index >= 15 is 0 Å². The quantitative estimate of drug-likeness (QED) is 0.425. The van der Waals surface area contributed by atoms with E-state index in [4.69, 9.17) is 9.47 Å². The molecule has 6 atom stereocenters. The number of benzene rings is 1. The summed E-state index contributed by atoms with van der Waals surface area (Å²) in [4.78, 5) is 45.8. The molecule has 2 amide bonds. The van der Waals surface area contributed by atoms with E-state index in [0.29, 0.717) is 19.5 Å². The summed E-state index contributed by atoms with van der Waals surface area (Å²) < 4.78 is 12.5. The number of cyclic esters (lactones) is 1. The number of esters is 1. The van der Waals surface area contributed by atoms with Crippen LogP contribution in [0.3, 0.4) is 0 Å². The molecule has 1 spiro atoms. The van der Waals surface area contributed by atoms with E-state index in [0.717, 1.165) is 37.7 Å². The van der Waals surface area contributed by atoms with Crippen LogP contribution in [0.15, 0.2) is 54.6 Å². The molecule has 0 aromatic heterocycles. The molecule has 1 aromatic rings. The average molecular weight is 537 g/mol. The Morgan fingerprint density at radius 3 is 2.59 bits per heavy atom. The summed E-state index contributed by atoms with van der Waals surface area (Å²) in [6, 6.07) is 7.97. The number of likely N-dealkylation sites (tertiary alicyclic amines) is 1. The number of fused-ring (bicyclic) bond motifs is 2. The van der Waals surface area contributed by atoms with Crippen molar-refractivity contribution in [1.29, 1.82) is 0 Å². The molecule has 2 fully saturated rings. The molecule has 8 heteroatoms. The van der Waals surface area contributed by atoms with Crippen LogP contribution < -0.4 is 0 Å². The van der Waals surface area contributed by atoms with Crippen molar-refractivity contribution in [3.05, 3.63) is 60.2 Å². The molecule has 4 aliphatic rings. The molecule has 0 saturated carbocycles. The van der Waals surface area contributed by atoms with Crippen molar-refractivity contribution in [2.24, 2.45) is 11.8 Å². The van der Waals surface area contributed by atoms with Crippen LogP contribution in [-0.4, -0.2) is 82.3 Å². The van der Waals surface area contributed by atoms with E-state index < -0.39 is 41.1 Å². The lowest BCUT2D eigenvalue weighted by atomic mass is 9.74. The van der Waals surface area contributed by atoms with Crippen molar-refractivity contribution >= 4 is 17.8 Å². The second-order valence-electron chi connectivity index (χ2n) is 11.4. The Kier molecular flexibility index (Phi) is 7.96. The number of hydrogen-bond acceptors (Lipinski definition) is 6. The molecular formula is C31H40N2O6. The van der Waals surface area contributed by atoms with E-state index in [1.165, 1.54) is 4.90 Å². The molecule has 5 rings (SSSR count). The second-order valence-corrected chi connectivity index (χ2v) is 11.4. The highest BCUT2D eigenvalue weighted by atomic mass is 16.6. The van der Waals surface area contributed by atoms with Gasteiger partial charge < -0.3 is 24.4 Å². The maximum Gasteiger partial charge on any atom is 0.313 e. The number of aliphatic hydroxyl groups excluding tert-OH is 1. The number of carbonyl (C=O) groups is 3. The molecule has 2 saturated heterocycles. The average Bonchev–Trinajstić information content (AvgIpc) is 3.27. The lowest BCUT2D eigenvalue weighted by molar-refractivity contribution is -0.161. The predicted octanol–water partition coefficient (Wildman–Crippen LogP) is 3.04. The summed E-state index contributed by atoms with van der Waals surface area (Å²) in [6.45, 7) is 4.82. The minimum Gasteiger partial charge on any atom is -0.465 e. The third-order valence-corrected chi connectivity index (χ3v) is 8.72. The van der Waals surface area contributed by atoms with Gasteiger partial charge in [0.05, 0.1) is 30.8 Å². The molecule has 0 aliphatic carbocycles. The summed E-state index contributed by atoms with van der Waals surface area (Å²) in [5.74, 6) is -2.89. The number of allylic oxidation sites excluding steroid dienone is 1. The van der Waals surface area contributed by atoms with Crippen LogP contribution in [0, 0.1) is 11.8 Å². The van der Waals surface area contributed by atoms with Crippen LogP contribution in [0.1, 0.15) is 51.5 Å². The molecule has 210 valence electrons. The van der Waals surface area contributed by atoms with E-state index in [1.807, 2.05) is 61.6 Å². The topological polar surface area (TPSA) is 96.4 Å². The highest BCUT2D eigenvalue weighted by Crippen LogP contribution is 2.57. The number of rotatable bonds is 7. The summed E-state index contributed by atoms with van der Waals surface area (Å²) >= 11 is 0. The predicted molar refractivity (Wildman–Crippen MR) is 145 cm³/mol. The van der Waals surface area contributed by atoms with E-state index in [-0.39, 0.29) is 25.0 Å². The van der Waals surface area contributed by atoms with Crippen LogP contribution in [0.4, 0.5) is 0 Å². The molecular weight excluding hydrogens is 496 g/mol. The molecule has 1 N–H and O–H groups in total. The van der Waals surface area contributed by atoms with Crippen molar-refractivity contribution in [1.82, 2.24) is 9.80 Å². The third kappa shape index (κ3) is 4.82. The molecule has 39 heavy (non-hydrogen) atoms. The Morgan fingerprint density at radius 2 is 1.85 bits per heavy atom. The number of aliphatic hydroxyl groups is 1. The van der Waals surface area contributed by atoms with Gasteiger partial charge in [-0.1, -0.05) is 68.0 Å². The highest BCUT2D eigenvalue weighted by molar-refractivity contribution is 5.99. The van der Waals surface area contributed by atoms with Gasteiger partial charge in [0.2, 0.25) is 11.8 Å². The van der Waals surface area contributed by atoms with Gasteiger partial charge in [-0.25, -0.2) is 0 Å². The van der Waals surface area contributed by atoms with Crippen LogP contribution in [-0.2, 0) is 30.3 Å². The Bertz CT molecular complexity index is 1140. The van der Waals surface area contributed by atoms with Gasteiger partial charge in [0.25, 0.3) is 0 Å². The fraction of sp³-hybridized carbons (Fsp3) is 0.581. The molecule has 1 unspecified atom stereocenters. The normalized spacial score (nSPS) is 34.1. The fourth-order valence-corrected chi connectivity index (χ4v) is 6.86. The van der Waals surface area contributed by atoms with Gasteiger partial charge in [0.15, 0.2) is 0 Å². The summed E-state index contributed by atoms with van der Waals surface area (Å²) in [7, 11) is 0. The zero-order chi connectivity index (χ0) is 27.6. The largest absolute Gasteiger partial charge is 0.465 e. The lowest BCUT2D eigenvalue weighted by Crippen LogP contribution is -2.59. The molecule has 0 radical (unpaired) electrons. The number of carbonyl (C=O) groups excluding carboxylic acids is 3. The Balaban J connectivity index is 1.63. The SMILES string of the molecule is CCCCN1CC=C[C@]23O[C@@]4(C)/C=C\CCCCOC(=O)[C@H]4[C@H]2C(=O)N([C@@H](CO)Cc2ccccc2)C3C1=O. The first-order valence-electron chi connectivity index (χ1n) is 14.3. The number of unbranched alkanes of at least 4 members (excludes halogenated alkanes) is 1. The Labute approximate surface area is 230 Å². The van der Waals surface area contributed by atoms with E-state index in [9.17, 15) is 19.5 Å². The van der Waals surface area contributed by atoms with Gasteiger partial charge in [-0.2, -0.15) is 0 Å². The second kappa shape index (κ2) is 11.3. The first kappa shape index (κ1) is 27.6. The summed E-state index contributed by atoms with van der Waals surface area (Å²) in [5, 5.41) is 10.6. The summed E-state index contributed by atoms with van der Waals surface area (Å²) in [5.41, 5.74) is -1.52. The van der Waals surface area contributed by atoms with Gasteiger partial charge in [-0.3, -0.25) is 14.4 Å². The van der Waals surface area contributed by atoms with Crippen LogP contribution in [0.25, 0.3) is 0 Å². The molecule has 4 heterocycles. The number of nitrogens with zero attached hydrogens (tertiary/aromatic N) is 2. The van der Waals surface area contributed by atoms with Gasteiger partial charge in [0.1, 0.15) is 17.6 Å². The van der Waals surface area contributed by atoms with Crippen molar-refractivity contribution in [3.8, 4) is 0 Å². The van der Waals surface area contributed by atoms with Gasteiger partial charge in [-0.15, -0.1) is 0 Å². The number of ether oxygens (including phenoxy) is 2. The van der Waals surface area contributed by atoms with E-state index in [2.05, 4.69) is 6.92 Å². The first-order chi connectivity index (χ1) is 18.9. The Morgan fingerprint density at radius 1 is 1.05 bits per heavy atom. The van der Waals surface area contributed by atoms with Crippen molar-refractivity contribution in [2.45, 2.75) is 75.7 Å². The van der Waals surface area contributed by atoms with E-state index in [1.54, 1.807) is 4.90 Å². The zero-order valence-electron chi connectivity index (χ0n) is 23.0. The van der Waals surface area contributed by atoms with Gasteiger partial charge in [0, 0.05) is 13.1 Å². The summed E-state index contributed by atoms with van der Waals surface area (Å²) in [6.07, 6.45) is 12.2.